The van der Waals surface area contributed by atoms with E-state index in [0.717, 1.165) is 12.1 Å². The minimum atomic E-state index is -5.82. The minimum absolute atomic E-state index is 0.173. The molecule has 3 rings (SSSR count). The molecule has 0 radical (unpaired) electrons. The highest BCUT2D eigenvalue weighted by Crippen LogP contribution is 2.38. The summed E-state index contributed by atoms with van der Waals surface area (Å²) in [5, 5.41) is 6.43. The summed E-state index contributed by atoms with van der Waals surface area (Å²) < 4.78 is 71.1. The van der Waals surface area contributed by atoms with Crippen molar-refractivity contribution in [2.24, 2.45) is 0 Å². The van der Waals surface area contributed by atoms with E-state index in [1.165, 1.54) is 18.3 Å². The summed E-state index contributed by atoms with van der Waals surface area (Å²) in [6.07, 6.45) is -9.62. The van der Waals surface area contributed by atoms with Gasteiger partial charge in [0.1, 0.15) is 5.75 Å². The average Bonchev–Trinajstić information content (AvgIpc) is 2.99. The fourth-order valence-corrected chi connectivity index (χ4v) is 1.84. The molecule has 0 saturated heterocycles. The van der Waals surface area contributed by atoms with Crippen LogP contribution in [0.15, 0.2) is 47.1 Å². The van der Waals surface area contributed by atoms with Crippen molar-refractivity contribution in [2.75, 3.05) is 5.32 Å². The first-order chi connectivity index (χ1) is 12.3. The Hall–Kier alpha value is -2.91. The number of pyridine rings is 1. The van der Waals surface area contributed by atoms with Gasteiger partial charge in [-0.1, -0.05) is 25.1 Å². The van der Waals surface area contributed by atoms with Crippen molar-refractivity contribution in [3.05, 3.63) is 42.6 Å². The Morgan fingerprint density at radius 3 is 2.46 bits per heavy atom. The monoisotopic (exact) mass is 375 g/mol. The number of alkyl halides is 5. The molecule has 1 aromatic carbocycles. The molecule has 0 bridgehead atoms. The van der Waals surface area contributed by atoms with Crippen LogP contribution in [0.2, 0.25) is 0 Å². The Morgan fingerprint density at radius 2 is 1.77 bits per heavy atom. The molecule has 2 heterocycles. The maximum absolute atomic E-state index is 12.9. The molecule has 2 aromatic heterocycles. The number of nitrogens with zero attached hydrogens (tertiary/aromatic N) is 2. The zero-order chi connectivity index (χ0) is 19.4. The van der Waals surface area contributed by atoms with Crippen LogP contribution in [-0.4, -0.2) is 22.4 Å². The van der Waals surface area contributed by atoms with E-state index in [4.69, 9.17) is 4.52 Å². The lowest BCUT2D eigenvalue weighted by atomic mass is 10.3. The van der Waals surface area contributed by atoms with Crippen molar-refractivity contribution in [1.82, 2.24) is 10.1 Å². The van der Waals surface area contributed by atoms with Gasteiger partial charge in [-0.25, -0.2) is 4.98 Å². The van der Waals surface area contributed by atoms with E-state index in [1.54, 1.807) is 12.1 Å². The molecule has 26 heavy (non-hydrogen) atoms. The molecule has 0 fully saturated rings. The Kier molecular flexibility index (Phi) is 5.63. The van der Waals surface area contributed by atoms with Gasteiger partial charge in [-0.15, -0.1) is 0 Å². The summed E-state index contributed by atoms with van der Waals surface area (Å²) in [7, 11) is 0. The summed E-state index contributed by atoms with van der Waals surface area (Å²) in [6.45, 7) is 4.00. The maximum atomic E-state index is 12.9. The number of fused-ring (bicyclic) bond motifs is 1. The molecule has 0 amide bonds. The van der Waals surface area contributed by atoms with Crippen LogP contribution in [0.5, 0.6) is 5.75 Å². The van der Waals surface area contributed by atoms with Crippen molar-refractivity contribution in [3.8, 4) is 5.75 Å². The molecule has 10 heteroatoms. The first kappa shape index (κ1) is 19.4. The standard InChI is InChI=1S/C14H8F5N3O2.C2H6/c15-13(16,17)14(18,19)23-9-4-1-3-8(7-9)21-12-11-10(24-22-12)5-2-6-20-11;1-2/h1-7H,(H,21,22);1-2H3. The number of rotatable bonds is 4. The van der Waals surface area contributed by atoms with Crippen molar-refractivity contribution < 1.29 is 31.2 Å². The Balaban J connectivity index is 0.00000117. The number of benzene rings is 1. The predicted octanol–water partition coefficient (Wildman–Crippen LogP) is 5.53. The van der Waals surface area contributed by atoms with Crippen molar-refractivity contribution in [2.45, 2.75) is 26.1 Å². The van der Waals surface area contributed by atoms with Crippen molar-refractivity contribution in [3.63, 3.8) is 0 Å². The fourth-order valence-electron chi connectivity index (χ4n) is 1.84. The minimum Gasteiger partial charge on any atom is -0.426 e. The molecule has 5 nitrogen and oxygen atoms in total. The van der Waals surface area contributed by atoms with Gasteiger partial charge in [0.2, 0.25) is 5.82 Å². The van der Waals surface area contributed by atoms with Crippen molar-refractivity contribution in [1.29, 1.82) is 0 Å². The molecular weight excluding hydrogens is 361 g/mol. The van der Waals surface area contributed by atoms with Crippen LogP contribution in [0.25, 0.3) is 11.1 Å². The molecular formula is C16H14F5N3O2. The summed E-state index contributed by atoms with van der Waals surface area (Å²) in [5.74, 6) is -0.478. The molecule has 3 aromatic rings. The van der Waals surface area contributed by atoms with E-state index < -0.39 is 18.0 Å². The third-order valence-electron chi connectivity index (χ3n) is 2.90. The second-order valence-corrected chi connectivity index (χ2v) is 4.65. The largest absolute Gasteiger partial charge is 0.499 e. The highest BCUT2D eigenvalue weighted by molar-refractivity contribution is 5.85. The number of nitrogens with one attached hydrogen (secondary N) is 1. The predicted molar refractivity (Wildman–Crippen MR) is 84.5 cm³/mol. The Morgan fingerprint density at radius 1 is 1.04 bits per heavy atom. The van der Waals surface area contributed by atoms with E-state index in [0.29, 0.717) is 11.1 Å². The van der Waals surface area contributed by atoms with E-state index >= 15 is 0 Å². The van der Waals surface area contributed by atoms with Crippen LogP contribution in [-0.2, 0) is 0 Å². The van der Waals surface area contributed by atoms with E-state index in [-0.39, 0.29) is 11.5 Å². The Bertz CT molecular complexity index is 864. The second kappa shape index (κ2) is 7.54. The van der Waals surface area contributed by atoms with Gasteiger partial charge < -0.3 is 14.6 Å². The summed E-state index contributed by atoms with van der Waals surface area (Å²) in [5.41, 5.74) is 0.937. The van der Waals surface area contributed by atoms with E-state index in [1.807, 2.05) is 13.8 Å². The lowest BCUT2D eigenvalue weighted by Gasteiger charge is -2.20. The third kappa shape index (κ3) is 4.19. The summed E-state index contributed by atoms with van der Waals surface area (Å²) >= 11 is 0. The van der Waals surface area contributed by atoms with Gasteiger partial charge in [-0.2, -0.15) is 22.0 Å². The number of ether oxygens (including phenoxy) is 1. The number of anilines is 2. The lowest BCUT2D eigenvalue weighted by molar-refractivity contribution is -0.360. The third-order valence-corrected chi connectivity index (χ3v) is 2.90. The topological polar surface area (TPSA) is 60.2 Å². The highest BCUT2D eigenvalue weighted by atomic mass is 19.4. The number of halogens is 5. The van der Waals surface area contributed by atoms with Crippen LogP contribution in [0, 0.1) is 0 Å². The van der Waals surface area contributed by atoms with E-state index in [9.17, 15) is 22.0 Å². The van der Waals surface area contributed by atoms with Gasteiger partial charge in [0, 0.05) is 18.0 Å². The average molecular weight is 375 g/mol. The zero-order valence-electron chi connectivity index (χ0n) is 13.6. The quantitative estimate of drug-likeness (QED) is 0.608. The van der Waals surface area contributed by atoms with Gasteiger partial charge in [-0.05, 0) is 24.3 Å². The fraction of sp³-hybridized carbons (Fsp3) is 0.250. The molecule has 0 aliphatic rings. The second-order valence-electron chi connectivity index (χ2n) is 4.65. The highest BCUT2D eigenvalue weighted by Gasteiger charge is 2.61. The molecule has 140 valence electrons. The Labute approximate surface area is 144 Å². The first-order valence-corrected chi connectivity index (χ1v) is 7.47. The van der Waals surface area contributed by atoms with Gasteiger partial charge in [0.05, 0.1) is 0 Å². The zero-order valence-corrected chi connectivity index (χ0v) is 13.6. The lowest BCUT2D eigenvalue weighted by Crippen LogP contribution is -2.41. The number of hydrogen-bond donors (Lipinski definition) is 1. The summed E-state index contributed by atoms with van der Waals surface area (Å²) in [6, 6.07) is 7.88. The molecule has 1 N–H and O–H groups in total. The van der Waals surface area contributed by atoms with Crippen LogP contribution in [0.3, 0.4) is 0 Å². The molecule has 0 aliphatic heterocycles. The number of aromatic nitrogens is 2. The SMILES string of the molecule is CC.FC(F)(F)C(F)(F)Oc1cccc(Nc2noc3cccnc23)c1. The smallest absolute Gasteiger partial charge is 0.426 e. The molecule has 0 aliphatic carbocycles. The molecule has 0 spiro atoms. The molecule has 0 saturated carbocycles. The molecule has 0 unspecified atom stereocenters. The van der Waals surface area contributed by atoms with E-state index in [2.05, 4.69) is 20.2 Å². The summed E-state index contributed by atoms with van der Waals surface area (Å²) in [4.78, 5) is 4.03. The molecule has 0 atom stereocenters. The van der Waals surface area contributed by atoms with Crippen LogP contribution >= 0.6 is 0 Å². The normalized spacial score (nSPS) is 11.7. The van der Waals surface area contributed by atoms with Gasteiger partial charge >= 0.3 is 12.3 Å². The van der Waals surface area contributed by atoms with Crippen molar-refractivity contribution >= 4 is 22.6 Å². The first-order valence-electron chi connectivity index (χ1n) is 7.47. The maximum Gasteiger partial charge on any atom is 0.499 e. The van der Waals surface area contributed by atoms with Gasteiger partial charge in [0.15, 0.2) is 11.1 Å². The van der Waals surface area contributed by atoms with Gasteiger partial charge in [0.25, 0.3) is 0 Å². The van der Waals surface area contributed by atoms with Crippen LogP contribution in [0.4, 0.5) is 33.5 Å². The van der Waals surface area contributed by atoms with Crippen LogP contribution in [0.1, 0.15) is 13.8 Å². The van der Waals surface area contributed by atoms with Crippen LogP contribution < -0.4 is 10.1 Å². The van der Waals surface area contributed by atoms with Gasteiger partial charge in [-0.3, -0.25) is 0 Å². The number of hydrogen-bond acceptors (Lipinski definition) is 5.